The predicted molar refractivity (Wildman–Crippen MR) is 72.2 cm³/mol. The van der Waals surface area contributed by atoms with Gasteiger partial charge in [-0.3, -0.25) is 0 Å². The van der Waals surface area contributed by atoms with Crippen LogP contribution in [0.2, 0.25) is 0 Å². The van der Waals surface area contributed by atoms with Crippen LogP contribution in [0.15, 0.2) is 12.7 Å². The lowest BCUT2D eigenvalue weighted by molar-refractivity contribution is -0.451. The minimum absolute atomic E-state index is 0.193. The summed E-state index contributed by atoms with van der Waals surface area (Å²) in [7, 11) is 0. The monoisotopic (exact) mass is 548 g/mol. The fourth-order valence-corrected chi connectivity index (χ4v) is 1.87. The molecule has 3 nitrogen and oxygen atoms in total. The Hall–Kier alpha value is -2.02. The Bertz CT molecular complexity index is 755. The molecule has 0 aromatic carbocycles. The summed E-state index contributed by atoms with van der Waals surface area (Å²) in [5.41, 5.74) is 0. The molecule has 0 amide bonds. The first-order chi connectivity index (χ1) is 14.6. The van der Waals surface area contributed by atoms with Gasteiger partial charge in [0.15, 0.2) is 0 Å². The van der Waals surface area contributed by atoms with Gasteiger partial charge in [0.25, 0.3) is 6.29 Å². The van der Waals surface area contributed by atoms with E-state index in [9.17, 15) is 79.4 Å². The third-order valence-corrected chi connectivity index (χ3v) is 3.88. The van der Waals surface area contributed by atoms with Gasteiger partial charge >= 0.3 is 53.6 Å². The Morgan fingerprint density at radius 2 is 1.03 bits per heavy atom. The summed E-state index contributed by atoms with van der Waals surface area (Å²) >= 11 is 0. The molecule has 0 fully saturated rings. The maximum Gasteiger partial charge on any atom is 0.389 e. The minimum Gasteiger partial charge on any atom is -0.426 e. The maximum atomic E-state index is 13.6. The average Bonchev–Trinajstić information content (AvgIpc) is 2.64. The van der Waals surface area contributed by atoms with Crippen molar-refractivity contribution in [3.63, 3.8) is 0 Å². The molecular weight excluding hydrogens is 539 g/mol. The van der Waals surface area contributed by atoms with E-state index in [1.54, 1.807) is 0 Å². The normalized spacial score (nSPS) is 16.3. The summed E-state index contributed by atoms with van der Waals surface area (Å²) in [6.07, 6.45) is -17.4. The zero-order valence-electron chi connectivity index (χ0n) is 15.5. The highest BCUT2D eigenvalue weighted by atomic mass is 19.4. The van der Waals surface area contributed by atoms with E-state index in [2.05, 4.69) is 11.3 Å². The molecule has 20 heteroatoms. The Kier molecular flexibility index (Phi) is 8.36. The quantitative estimate of drug-likeness (QED) is 0.153. The Morgan fingerprint density at radius 1 is 0.676 bits per heavy atom. The van der Waals surface area contributed by atoms with Crippen LogP contribution in [0.25, 0.3) is 0 Å². The van der Waals surface area contributed by atoms with Gasteiger partial charge in [-0.15, -0.1) is 0 Å². The zero-order chi connectivity index (χ0) is 28.0. The molecular formula is C14H9F17O3. The van der Waals surface area contributed by atoms with Gasteiger partial charge in [0, 0.05) is 18.9 Å². The van der Waals surface area contributed by atoms with Crippen LogP contribution in [0.5, 0.6) is 0 Å². The van der Waals surface area contributed by atoms with Crippen molar-refractivity contribution >= 4 is 5.97 Å². The number of aliphatic hydroxyl groups excluding tert-OH is 1. The number of ether oxygens (including phenoxy) is 1. The summed E-state index contributed by atoms with van der Waals surface area (Å²) in [5, 5.41) is 8.62. The Morgan fingerprint density at radius 3 is 1.38 bits per heavy atom. The van der Waals surface area contributed by atoms with Crippen LogP contribution in [-0.4, -0.2) is 65.0 Å². The van der Waals surface area contributed by atoms with Crippen molar-refractivity contribution in [2.45, 2.75) is 66.8 Å². The molecule has 0 spiro atoms. The van der Waals surface area contributed by atoms with E-state index in [1.807, 2.05) is 0 Å². The molecule has 1 atom stereocenters. The molecule has 0 aliphatic rings. The van der Waals surface area contributed by atoms with Crippen molar-refractivity contribution in [2.24, 2.45) is 0 Å². The molecule has 0 saturated heterocycles. The van der Waals surface area contributed by atoms with E-state index >= 15 is 0 Å². The first-order valence-electron chi connectivity index (χ1n) is 7.81. The minimum atomic E-state index is -8.56. The molecule has 0 aromatic rings. The SMILES string of the molecule is C=CC(=O)OC(O)C(F)(F)C(F)(F)C(F)(F)C(F)(F)C(F)(F)C(F)(F)C(F)(F)CCC(F)(F)F. The van der Waals surface area contributed by atoms with E-state index in [1.165, 1.54) is 0 Å². The molecule has 0 aromatic heterocycles. The maximum absolute atomic E-state index is 13.6. The Balaban J connectivity index is 6.53. The van der Waals surface area contributed by atoms with E-state index in [0.29, 0.717) is 0 Å². The first kappa shape index (κ1) is 32.0. The van der Waals surface area contributed by atoms with Crippen molar-refractivity contribution in [3.8, 4) is 0 Å². The summed E-state index contributed by atoms with van der Waals surface area (Å²) in [6.45, 7) is 2.45. The molecule has 0 heterocycles. The number of hydrogen-bond acceptors (Lipinski definition) is 3. The summed E-state index contributed by atoms with van der Waals surface area (Å²) in [5.74, 6) is -57.8. The van der Waals surface area contributed by atoms with Gasteiger partial charge in [-0.25, -0.2) is 4.79 Å². The predicted octanol–water partition coefficient (Wildman–Crippen LogP) is 5.82. The number of halogens is 17. The lowest BCUT2D eigenvalue weighted by atomic mass is 9.88. The van der Waals surface area contributed by atoms with Crippen molar-refractivity contribution in [2.75, 3.05) is 0 Å². The zero-order valence-corrected chi connectivity index (χ0v) is 15.5. The first-order valence-corrected chi connectivity index (χ1v) is 7.81. The van der Waals surface area contributed by atoms with Gasteiger partial charge in [-0.1, -0.05) is 6.58 Å². The Labute approximate surface area is 176 Å². The molecule has 1 unspecified atom stereocenters. The number of esters is 1. The molecule has 34 heavy (non-hydrogen) atoms. The van der Waals surface area contributed by atoms with Gasteiger partial charge in [0.1, 0.15) is 0 Å². The van der Waals surface area contributed by atoms with E-state index < -0.39 is 72.7 Å². The molecule has 0 rings (SSSR count). The highest BCUT2D eigenvalue weighted by molar-refractivity contribution is 5.81. The van der Waals surface area contributed by atoms with Crippen LogP contribution >= 0.6 is 0 Å². The van der Waals surface area contributed by atoms with Crippen LogP contribution in [0.1, 0.15) is 12.8 Å². The number of rotatable bonds is 11. The van der Waals surface area contributed by atoms with Crippen LogP contribution in [0.4, 0.5) is 74.6 Å². The summed E-state index contributed by atoms with van der Waals surface area (Å²) in [4.78, 5) is 10.6. The van der Waals surface area contributed by atoms with Crippen molar-refractivity contribution in [3.05, 3.63) is 12.7 Å². The average molecular weight is 548 g/mol. The molecule has 0 aliphatic heterocycles. The van der Waals surface area contributed by atoms with E-state index in [4.69, 9.17) is 5.11 Å². The highest BCUT2D eigenvalue weighted by Crippen LogP contribution is 2.63. The van der Waals surface area contributed by atoms with Crippen molar-refractivity contribution in [1.29, 1.82) is 0 Å². The number of hydrogen-bond donors (Lipinski definition) is 1. The third-order valence-electron chi connectivity index (χ3n) is 3.88. The second-order valence-corrected chi connectivity index (χ2v) is 6.31. The third kappa shape index (κ3) is 5.00. The molecule has 1 N–H and O–H groups in total. The number of carbonyl (C=O) groups is 1. The second-order valence-electron chi connectivity index (χ2n) is 6.31. The number of alkyl halides is 17. The molecule has 0 radical (unpaired) electrons. The molecule has 0 aliphatic carbocycles. The van der Waals surface area contributed by atoms with Crippen LogP contribution in [0, 0.1) is 0 Å². The van der Waals surface area contributed by atoms with Crippen molar-refractivity contribution < 1.29 is 89.3 Å². The molecule has 202 valence electrons. The summed E-state index contributed by atoms with van der Waals surface area (Å²) in [6, 6.07) is 0. The standard InChI is InChI=1S/C14H9F17O3/c1-2-5(32)34-6(33)9(20,21)11(24,25)13(28,29)14(30,31)12(26,27)10(22,23)7(15,16)3-4-8(17,18)19/h2,6,33H,1,3-4H2. The number of carbonyl (C=O) groups excluding carboxylic acids is 1. The molecule has 0 bridgehead atoms. The van der Waals surface area contributed by atoms with E-state index in [-0.39, 0.29) is 6.08 Å². The van der Waals surface area contributed by atoms with Crippen LogP contribution in [0.3, 0.4) is 0 Å². The van der Waals surface area contributed by atoms with Crippen LogP contribution in [-0.2, 0) is 9.53 Å². The van der Waals surface area contributed by atoms with Gasteiger partial charge in [-0.05, 0) is 0 Å². The second kappa shape index (κ2) is 8.89. The lowest BCUT2D eigenvalue weighted by Crippen LogP contribution is -2.74. The highest BCUT2D eigenvalue weighted by Gasteiger charge is 2.93. The largest absolute Gasteiger partial charge is 0.426 e. The smallest absolute Gasteiger partial charge is 0.389 e. The van der Waals surface area contributed by atoms with Gasteiger partial charge in [0.2, 0.25) is 0 Å². The van der Waals surface area contributed by atoms with Crippen molar-refractivity contribution in [1.82, 2.24) is 0 Å². The van der Waals surface area contributed by atoms with Gasteiger partial charge in [-0.2, -0.15) is 74.6 Å². The van der Waals surface area contributed by atoms with Crippen LogP contribution < -0.4 is 0 Å². The molecule has 0 saturated carbocycles. The van der Waals surface area contributed by atoms with E-state index in [0.717, 1.165) is 0 Å². The fraction of sp³-hybridized carbons (Fsp3) is 0.786. The lowest BCUT2D eigenvalue weighted by Gasteiger charge is -2.43. The van der Waals surface area contributed by atoms with Gasteiger partial charge < -0.3 is 9.84 Å². The fourth-order valence-electron chi connectivity index (χ4n) is 1.87. The summed E-state index contributed by atoms with van der Waals surface area (Å²) < 4.78 is 227. The number of aliphatic hydroxyl groups is 1. The van der Waals surface area contributed by atoms with Gasteiger partial charge in [0.05, 0.1) is 0 Å². The topological polar surface area (TPSA) is 46.5 Å².